The second-order valence-corrected chi connectivity index (χ2v) is 8.52. The molecule has 1 fully saturated rings. The first-order valence-electron chi connectivity index (χ1n) is 6.07. The van der Waals surface area contributed by atoms with Gasteiger partial charge < -0.3 is 5.43 Å². The zero-order valence-corrected chi connectivity index (χ0v) is 12.6. The largest absolute Gasteiger partial charge is 0.323 e. The summed E-state index contributed by atoms with van der Waals surface area (Å²) in [7, 11) is -7.29. The highest BCUT2D eigenvalue weighted by atomic mass is 32.2. The number of sulfone groups is 1. The lowest BCUT2D eigenvalue weighted by Gasteiger charge is -2.26. The zero-order chi connectivity index (χ0) is 15.0. The van der Waals surface area contributed by atoms with Gasteiger partial charge >= 0.3 is 0 Å². The molecule has 7 nitrogen and oxygen atoms in total. The predicted molar refractivity (Wildman–Crippen MR) is 75.3 cm³/mol. The van der Waals surface area contributed by atoms with Gasteiger partial charge in [-0.3, -0.25) is 5.84 Å². The number of anilines is 1. The smallest absolute Gasteiger partial charge is 0.242 e. The van der Waals surface area contributed by atoms with Crippen LogP contribution >= 0.6 is 0 Å². The van der Waals surface area contributed by atoms with E-state index in [9.17, 15) is 16.8 Å². The Morgan fingerprint density at radius 3 is 2.30 bits per heavy atom. The fourth-order valence-corrected chi connectivity index (χ4v) is 4.11. The molecular formula is C11H17N3O4S2. The van der Waals surface area contributed by atoms with Gasteiger partial charge in [-0.15, -0.1) is 0 Å². The van der Waals surface area contributed by atoms with Crippen molar-refractivity contribution in [2.45, 2.75) is 35.1 Å². The van der Waals surface area contributed by atoms with E-state index in [1.807, 2.05) is 0 Å². The number of sulfonamides is 1. The van der Waals surface area contributed by atoms with Gasteiger partial charge in [-0.1, -0.05) is 6.42 Å². The third-order valence-corrected chi connectivity index (χ3v) is 5.92. The number of nitrogens with two attached hydrogens (primary N) is 1. The molecule has 0 saturated heterocycles. The van der Waals surface area contributed by atoms with Crippen molar-refractivity contribution in [2.75, 3.05) is 11.7 Å². The van der Waals surface area contributed by atoms with Crippen molar-refractivity contribution in [2.24, 2.45) is 5.84 Å². The summed E-state index contributed by atoms with van der Waals surface area (Å²) in [5.74, 6) is 5.29. The number of hydrazine groups is 1. The van der Waals surface area contributed by atoms with Gasteiger partial charge in [0.25, 0.3) is 0 Å². The molecule has 1 saturated carbocycles. The van der Waals surface area contributed by atoms with Gasteiger partial charge in [0.1, 0.15) is 4.90 Å². The molecule has 0 heterocycles. The van der Waals surface area contributed by atoms with Crippen LogP contribution in [0.5, 0.6) is 0 Å². The summed E-state index contributed by atoms with van der Waals surface area (Å²) in [5, 5.41) is 0. The molecule has 4 N–H and O–H groups in total. The normalized spacial score (nSPS) is 16.7. The van der Waals surface area contributed by atoms with Gasteiger partial charge in [0, 0.05) is 12.3 Å². The Morgan fingerprint density at radius 2 is 1.85 bits per heavy atom. The first-order valence-corrected chi connectivity index (χ1v) is 9.44. The Labute approximate surface area is 118 Å². The quantitative estimate of drug-likeness (QED) is 0.527. The number of hydrogen-bond donors (Lipinski definition) is 3. The van der Waals surface area contributed by atoms with Gasteiger partial charge in [-0.25, -0.2) is 21.6 Å². The second-order valence-electron chi connectivity index (χ2n) is 4.82. The molecule has 0 amide bonds. The van der Waals surface area contributed by atoms with Crippen LogP contribution in [0.3, 0.4) is 0 Å². The van der Waals surface area contributed by atoms with Crippen LogP contribution in [0.15, 0.2) is 28.0 Å². The molecule has 9 heteroatoms. The fourth-order valence-electron chi connectivity index (χ4n) is 1.88. The minimum Gasteiger partial charge on any atom is -0.323 e. The minimum absolute atomic E-state index is 0.0644. The van der Waals surface area contributed by atoms with Crippen LogP contribution in [0.2, 0.25) is 0 Å². The van der Waals surface area contributed by atoms with Gasteiger partial charge in [0.2, 0.25) is 10.0 Å². The average molecular weight is 319 g/mol. The van der Waals surface area contributed by atoms with Crippen molar-refractivity contribution in [1.29, 1.82) is 0 Å². The number of benzene rings is 1. The standard InChI is InChI=1S/C11H17N3O4S2/c1-19(15,16)9-5-6-10(13-12)11(7-9)20(17,18)14-8-3-2-4-8/h5-8,13-14H,2-4,12H2,1H3. The molecule has 0 unspecified atom stereocenters. The lowest BCUT2D eigenvalue weighted by atomic mass is 9.94. The van der Waals surface area contributed by atoms with Crippen molar-refractivity contribution in [3.05, 3.63) is 18.2 Å². The summed E-state index contributed by atoms with van der Waals surface area (Å²) in [5.41, 5.74) is 2.43. The van der Waals surface area contributed by atoms with Crippen LogP contribution < -0.4 is 16.0 Å². The van der Waals surface area contributed by atoms with Gasteiger partial charge in [0.05, 0.1) is 10.6 Å². The van der Waals surface area contributed by atoms with Crippen molar-refractivity contribution in [3.63, 3.8) is 0 Å². The zero-order valence-electron chi connectivity index (χ0n) is 11.0. The molecule has 0 aromatic heterocycles. The Hall–Kier alpha value is -1.16. The summed E-state index contributed by atoms with van der Waals surface area (Å²) >= 11 is 0. The molecule has 1 aliphatic rings. The summed E-state index contributed by atoms with van der Waals surface area (Å²) < 4.78 is 50.2. The molecule has 0 bridgehead atoms. The minimum atomic E-state index is -3.80. The van der Waals surface area contributed by atoms with E-state index >= 15 is 0 Å². The lowest BCUT2D eigenvalue weighted by molar-refractivity contribution is 0.383. The maximum absolute atomic E-state index is 12.3. The second kappa shape index (κ2) is 5.32. The van der Waals surface area contributed by atoms with Crippen LogP contribution in [-0.4, -0.2) is 29.1 Å². The number of nitrogen functional groups attached to an aromatic ring is 1. The Balaban J connectivity index is 2.47. The Bertz CT molecular complexity index is 709. The molecule has 0 spiro atoms. The van der Waals surface area contributed by atoms with E-state index in [0.29, 0.717) is 0 Å². The number of nitrogens with one attached hydrogen (secondary N) is 2. The molecule has 1 aliphatic carbocycles. The molecule has 2 rings (SSSR count). The number of hydrogen-bond acceptors (Lipinski definition) is 6. The van der Waals surface area contributed by atoms with Crippen LogP contribution in [-0.2, 0) is 19.9 Å². The third-order valence-electron chi connectivity index (χ3n) is 3.25. The highest BCUT2D eigenvalue weighted by Gasteiger charge is 2.27. The molecule has 1 aromatic carbocycles. The third kappa shape index (κ3) is 3.11. The summed E-state index contributed by atoms with van der Waals surface area (Å²) in [6, 6.07) is 3.68. The van der Waals surface area contributed by atoms with E-state index in [0.717, 1.165) is 31.6 Å². The number of rotatable bonds is 5. The van der Waals surface area contributed by atoms with E-state index < -0.39 is 19.9 Å². The molecule has 20 heavy (non-hydrogen) atoms. The van der Waals surface area contributed by atoms with E-state index in [1.165, 1.54) is 12.1 Å². The SMILES string of the molecule is CS(=O)(=O)c1ccc(NN)c(S(=O)(=O)NC2CCC2)c1. The van der Waals surface area contributed by atoms with Crippen molar-refractivity contribution in [1.82, 2.24) is 4.72 Å². The van der Waals surface area contributed by atoms with E-state index in [1.54, 1.807) is 0 Å². The van der Waals surface area contributed by atoms with E-state index in [2.05, 4.69) is 10.1 Å². The fraction of sp³-hybridized carbons (Fsp3) is 0.455. The van der Waals surface area contributed by atoms with E-state index in [4.69, 9.17) is 5.84 Å². The summed E-state index contributed by atoms with van der Waals surface area (Å²) in [4.78, 5) is -0.222. The summed E-state index contributed by atoms with van der Waals surface area (Å²) in [6.07, 6.45) is 3.58. The lowest BCUT2D eigenvalue weighted by Crippen LogP contribution is -2.39. The van der Waals surface area contributed by atoms with Crippen molar-refractivity contribution in [3.8, 4) is 0 Å². The molecule has 0 atom stereocenters. The maximum Gasteiger partial charge on any atom is 0.242 e. The highest BCUT2D eigenvalue weighted by Crippen LogP contribution is 2.27. The van der Waals surface area contributed by atoms with Crippen molar-refractivity contribution < 1.29 is 16.8 Å². The van der Waals surface area contributed by atoms with Gasteiger partial charge in [-0.2, -0.15) is 0 Å². The van der Waals surface area contributed by atoms with Gasteiger partial charge in [0.15, 0.2) is 9.84 Å². The maximum atomic E-state index is 12.3. The molecule has 0 aliphatic heterocycles. The summed E-state index contributed by atoms with van der Waals surface area (Å²) in [6.45, 7) is 0. The monoisotopic (exact) mass is 319 g/mol. The van der Waals surface area contributed by atoms with Crippen molar-refractivity contribution >= 4 is 25.5 Å². The molecule has 0 radical (unpaired) electrons. The topological polar surface area (TPSA) is 118 Å². The average Bonchev–Trinajstić information content (AvgIpc) is 2.32. The van der Waals surface area contributed by atoms with Crippen LogP contribution in [0.1, 0.15) is 19.3 Å². The molecule has 1 aromatic rings. The first kappa shape index (κ1) is 15.2. The van der Waals surface area contributed by atoms with Crippen LogP contribution in [0, 0.1) is 0 Å². The van der Waals surface area contributed by atoms with Crippen LogP contribution in [0.25, 0.3) is 0 Å². The van der Waals surface area contributed by atoms with Crippen LogP contribution in [0.4, 0.5) is 5.69 Å². The molecular weight excluding hydrogens is 302 g/mol. The Morgan fingerprint density at radius 1 is 1.20 bits per heavy atom. The highest BCUT2D eigenvalue weighted by molar-refractivity contribution is 7.91. The Kier molecular flexibility index (Phi) is 4.05. The van der Waals surface area contributed by atoms with Gasteiger partial charge in [-0.05, 0) is 31.0 Å². The predicted octanol–water partition coefficient (Wildman–Crippen LogP) is 0.207. The van der Waals surface area contributed by atoms with E-state index in [-0.39, 0.29) is 21.5 Å². The molecule has 112 valence electrons. The first-order chi connectivity index (χ1) is 9.24.